The molecule has 3 aliphatic rings. The van der Waals surface area contributed by atoms with E-state index in [1.54, 1.807) is 0 Å². The number of rotatable bonds is 4. The summed E-state index contributed by atoms with van der Waals surface area (Å²) in [6.07, 6.45) is 6.62. The van der Waals surface area contributed by atoms with E-state index in [9.17, 15) is 4.79 Å². The highest BCUT2D eigenvalue weighted by Gasteiger charge is 2.36. The van der Waals surface area contributed by atoms with Crippen molar-refractivity contribution < 1.29 is 9.47 Å². The van der Waals surface area contributed by atoms with Gasteiger partial charge in [0, 0.05) is 49.2 Å². The summed E-state index contributed by atoms with van der Waals surface area (Å²) in [6, 6.07) is 6.07. The Hall–Kier alpha value is -2.98. The average molecular weight is 494 g/mol. The maximum Gasteiger partial charge on any atom is 0.253 e. The molecule has 10 nitrogen and oxygen atoms in total. The van der Waals surface area contributed by atoms with Crippen LogP contribution in [0.3, 0.4) is 0 Å². The van der Waals surface area contributed by atoms with Crippen molar-refractivity contribution in [3.63, 3.8) is 0 Å². The fourth-order valence-electron chi connectivity index (χ4n) is 5.96. The third kappa shape index (κ3) is 4.26. The number of tetrazole rings is 1. The number of aromatic amines is 1. The van der Waals surface area contributed by atoms with Gasteiger partial charge in [-0.25, -0.2) is 4.68 Å². The fourth-order valence-corrected chi connectivity index (χ4v) is 5.96. The number of piperazine rings is 1. The third-order valence-corrected chi connectivity index (χ3v) is 7.84. The number of fused-ring (bicyclic) bond motifs is 2. The first-order valence-corrected chi connectivity index (χ1v) is 13.1. The number of H-pyrrole nitrogens is 1. The lowest BCUT2D eigenvalue weighted by Gasteiger charge is -2.43. The highest BCUT2D eigenvalue weighted by atomic mass is 16.7. The van der Waals surface area contributed by atoms with Crippen LogP contribution < -0.4 is 15.0 Å². The molecule has 2 aromatic heterocycles. The third-order valence-electron chi connectivity index (χ3n) is 7.84. The lowest BCUT2D eigenvalue weighted by Crippen LogP contribution is -2.52. The molecule has 4 heterocycles. The van der Waals surface area contributed by atoms with E-state index in [1.165, 1.54) is 32.1 Å². The van der Waals surface area contributed by atoms with E-state index in [0.717, 1.165) is 37.1 Å². The molecule has 1 atom stereocenters. The Morgan fingerprint density at radius 2 is 1.72 bits per heavy atom. The van der Waals surface area contributed by atoms with Gasteiger partial charge in [-0.2, -0.15) is 0 Å². The second-order valence-corrected chi connectivity index (χ2v) is 11.2. The van der Waals surface area contributed by atoms with Crippen molar-refractivity contribution in [2.45, 2.75) is 70.5 Å². The van der Waals surface area contributed by atoms with Gasteiger partial charge >= 0.3 is 0 Å². The summed E-state index contributed by atoms with van der Waals surface area (Å²) in [6.45, 7) is 10.1. The summed E-state index contributed by atoms with van der Waals surface area (Å²) in [7, 11) is 0. The number of nitrogens with zero attached hydrogens (tertiary/aromatic N) is 6. The summed E-state index contributed by atoms with van der Waals surface area (Å²) in [4.78, 5) is 21.6. The molecule has 0 spiro atoms. The van der Waals surface area contributed by atoms with E-state index in [4.69, 9.17) is 9.47 Å². The number of benzene rings is 1. The molecule has 1 aliphatic carbocycles. The van der Waals surface area contributed by atoms with Crippen LogP contribution in [0.15, 0.2) is 23.0 Å². The molecule has 1 saturated carbocycles. The topological polar surface area (TPSA) is 101 Å². The molecule has 0 bridgehead atoms. The molecular formula is C26H35N7O3. The average Bonchev–Trinajstić information content (AvgIpc) is 3.54. The van der Waals surface area contributed by atoms with Gasteiger partial charge in [-0.15, -0.1) is 5.10 Å². The molecule has 1 saturated heterocycles. The van der Waals surface area contributed by atoms with Crippen LogP contribution in [0.2, 0.25) is 0 Å². The van der Waals surface area contributed by atoms with E-state index in [0.29, 0.717) is 28.9 Å². The van der Waals surface area contributed by atoms with Gasteiger partial charge < -0.3 is 14.5 Å². The molecule has 36 heavy (non-hydrogen) atoms. The smallest absolute Gasteiger partial charge is 0.253 e. The summed E-state index contributed by atoms with van der Waals surface area (Å²) in [5.74, 6) is 2.04. The van der Waals surface area contributed by atoms with Crippen molar-refractivity contribution in [2.24, 2.45) is 0 Å². The van der Waals surface area contributed by atoms with Crippen molar-refractivity contribution in [1.29, 1.82) is 0 Å². The molecule has 1 unspecified atom stereocenters. The van der Waals surface area contributed by atoms with Crippen LogP contribution in [0, 0.1) is 0 Å². The van der Waals surface area contributed by atoms with Gasteiger partial charge in [0.15, 0.2) is 17.3 Å². The van der Waals surface area contributed by atoms with Crippen molar-refractivity contribution in [2.75, 3.05) is 33.0 Å². The molecule has 10 heteroatoms. The Morgan fingerprint density at radius 1 is 1.00 bits per heavy atom. The Bertz CT molecular complexity index is 1300. The molecule has 0 amide bonds. The standard InChI is InChI=1S/C26H35N7O3/c1-26(2,3)33-24(28-29-30-33)23(32-11-9-31(10-12-32)18-7-5-4-6-8-18)19-13-17-14-21-22(36-16-35-21)15-20(17)27-25(19)34/h13-15,18,23H,4-12,16H2,1-3H3,(H,27,34). The van der Waals surface area contributed by atoms with Crippen LogP contribution in [0.25, 0.3) is 10.9 Å². The summed E-state index contributed by atoms with van der Waals surface area (Å²) >= 11 is 0. The second kappa shape index (κ2) is 9.15. The summed E-state index contributed by atoms with van der Waals surface area (Å²) in [5, 5.41) is 13.7. The van der Waals surface area contributed by atoms with Crippen molar-refractivity contribution in [3.8, 4) is 11.5 Å². The van der Waals surface area contributed by atoms with E-state index >= 15 is 0 Å². The van der Waals surface area contributed by atoms with E-state index in [2.05, 4.69) is 51.1 Å². The van der Waals surface area contributed by atoms with Crippen LogP contribution >= 0.6 is 0 Å². The minimum atomic E-state index is -0.355. The molecule has 1 N–H and O–H groups in total. The summed E-state index contributed by atoms with van der Waals surface area (Å²) in [5.41, 5.74) is 0.915. The highest BCUT2D eigenvalue weighted by molar-refractivity contribution is 5.83. The van der Waals surface area contributed by atoms with Crippen LogP contribution in [0.4, 0.5) is 0 Å². The van der Waals surface area contributed by atoms with Crippen LogP contribution in [0.5, 0.6) is 11.5 Å². The minimum Gasteiger partial charge on any atom is -0.454 e. The van der Waals surface area contributed by atoms with E-state index < -0.39 is 0 Å². The van der Waals surface area contributed by atoms with Crippen molar-refractivity contribution >= 4 is 10.9 Å². The molecule has 6 rings (SSSR count). The monoisotopic (exact) mass is 493 g/mol. The number of pyridine rings is 1. The maximum absolute atomic E-state index is 13.5. The predicted octanol–water partition coefficient (Wildman–Crippen LogP) is 3.04. The Balaban J connectivity index is 1.39. The highest BCUT2D eigenvalue weighted by Crippen LogP contribution is 2.37. The van der Waals surface area contributed by atoms with Crippen LogP contribution in [-0.4, -0.2) is 74.0 Å². The summed E-state index contributed by atoms with van der Waals surface area (Å²) < 4.78 is 13.0. The SMILES string of the molecule is CC(C)(C)n1nnnc1C(c1cc2cc3c(cc2[nH]c1=O)OCO3)N1CCN(C2CCCCC2)CC1. The van der Waals surface area contributed by atoms with Crippen molar-refractivity contribution in [1.82, 2.24) is 35.0 Å². The quantitative estimate of drug-likeness (QED) is 0.592. The number of hydrogen-bond acceptors (Lipinski definition) is 8. The molecule has 2 aliphatic heterocycles. The minimum absolute atomic E-state index is 0.135. The maximum atomic E-state index is 13.5. The number of ether oxygens (including phenoxy) is 2. The van der Waals surface area contributed by atoms with Crippen LogP contribution in [-0.2, 0) is 5.54 Å². The molecule has 2 fully saturated rings. The van der Waals surface area contributed by atoms with Gasteiger partial charge in [0.2, 0.25) is 6.79 Å². The lowest BCUT2D eigenvalue weighted by atomic mass is 9.93. The van der Waals surface area contributed by atoms with E-state index in [1.807, 2.05) is 22.9 Å². The Labute approximate surface area is 210 Å². The first-order valence-electron chi connectivity index (χ1n) is 13.1. The zero-order chi connectivity index (χ0) is 24.9. The predicted molar refractivity (Wildman–Crippen MR) is 135 cm³/mol. The van der Waals surface area contributed by atoms with Crippen molar-refractivity contribution in [3.05, 3.63) is 39.9 Å². The molecule has 3 aromatic rings. The number of aromatic nitrogens is 5. The number of nitrogens with one attached hydrogen (secondary N) is 1. The zero-order valence-corrected chi connectivity index (χ0v) is 21.4. The lowest BCUT2D eigenvalue weighted by molar-refractivity contribution is 0.0606. The molecule has 192 valence electrons. The van der Waals surface area contributed by atoms with Gasteiger partial charge in [-0.3, -0.25) is 14.6 Å². The van der Waals surface area contributed by atoms with Crippen LogP contribution in [0.1, 0.15) is 70.3 Å². The van der Waals surface area contributed by atoms with Gasteiger partial charge in [0.1, 0.15) is 6.04 Å². The molecule has 1 aromatic carbocycles. The molecule has 0 radical (unpaired) electrons. The van der Waals surface area contributed by atoms with Gasteiger partial charge in [-0.1, -0.05) is 19.3 Å². The van der Waals surface area contributed by atoms with Gasteiger partial charge in [0.05, 0.1) is 11.1 Å². The first kappa shape index (κ1) is 23.4. The largest absolute Gasteiger partial charge is 0.454 e. The Morgan fingerprint density at radius 3 is 2.44 bits per heavy atom. The first-order chi connectivity index (χ1) is 17.4. The van der Waals surface area contributed by atoms with Gasteiger partial charge in [0.25, 0.3) is 5.56 Å². The number of hydrogen-bond donors (Lipinski definition) is 1. The normalized spacial score (nSPS) is 20.8. The zero-order valence-electron chi connectivity index (χ0n) is 21.4. The van der Waals surface area contributed by atoms with E-state index in [-0.39, 0.29) is 23.9 Å². The Kier molecular flexibility index (Phi) is 5.95. The van der Waals surface area contributed by atoms with Gasteiger partial charge in [-0.05, 0) is 56.2 Å². The fraction of sp³-hybridized carbons (Fsp3) is 0.615. The molecular weight excluding hydrogens is 458 g/mol. The second-order valence-electron chi connectivity index (χ2n) is 11.2.